The van der Waals surface area contributed by atoms with Crippen LogP contribution in [0.3, 0.4) is 0 Å². The average Bonchev–Trinajstić information content (AvgIpc) is 3.33. The van der Waals surface area contributed by atoms with Crippen LogP contribution < -0.4 is 19.6 Å². The number of carbonyl (C=O) groups excluding carboxylic acids is 1. The number of methoxy groups -OCH3 is 1. The molecule has 188 valence electrons. The van der Waals surface area contributed by atoms with E-state index >= 15 is 0 Å². The molecular weight excluding hydrogens is 506 g/mol. The Balaban J connectivity index is 1.72. The zero-order valence-corrected chi connectivity index (χ0v) is 22.8. The van der Waals surface area contributed by atoms with E-state index in [0.717, 1.165) is 28.2 Å². The van der Waals surface area contributed by atoms with Crippen LogP contribution in [-0.4, -0.2) is 22.0 Å². The number of hydrogen-bond donors (Lipinski definition) is 0. The summed E-state index contributed by atoms with van der Waals surface area (Å²) in [6.07, 6.45) is 1.91. The number of fused-ring (bicyclic) bond motifs is 1. The number of aromatic nitrogens is 2. The van der Waals surface area contributed by atoms with Gasteiger partial charge in [0.25, 0.3) is 5.56 Å². The summed E-state index contributed by atoms with van der Waals surface area (Å²) in [5.74, 6) is 0.486. The molecular formula is C29H26ClN3O3S. The number of allylic oxidation sites excluding steroid dienone is 2. The molecule has 1 aliphatic rings. The van der Waals surface area contributed by atoms with Crippen LogP contribution in [0.2, 0.25) is 5.02 Å². The second-order valence-electron chi connectivity index (χ2n) is 9.02. The van der Waals surface area contributed by atoms with Gasteiger partial charge in [-0.1, -0.05) is 41.1 Å². The molecule has 37 heavy (non-hydrogen) atoms. The molecule has 4 aromatic rings. The highest BCUT2D eigenvalue weighted by molar-refractivity contribution is 7.07. The molecule has 0 spiro atoms. The van der Waals surface area contributed by atoms with E-state index in [1.54, 1.807) is 11.7 Å². The predicted molar refractivity (Wildman–Crippen MR) is 148 cm³/mol. The van der Waals surface area contributed by atoms with Crippen LogP contribution in [0.15, 0.2) is 75.7 Å². The second kappa shape index (κ2) is 9.65. The Bertz CT molecular complexity index is 1760. The van der Waals surface area contributed by atoms with Gasteiger partial charge in [0.2, 0.25) is 0 Å². The van der Waals surface area contributed by atoms with Crippen molar-refractivity contribution >= 4 is 34.8 Å². The maximum Gasteiger partial charge on any atom is 0.271 e. The van der Waals surface area contributed by atoms with E-state index in [1.165, 1.54) is 18.3 Å². The maximum absolute atomic E-state index is 13.9. The number of para-hydroxylation sites is 1. The van der Waals surface area contributed by atoms with Gasteiger partial charge in [0.15, 0.2) is 10.6 Å². The molecule has 0 saturated carbocycles. The van der Waals surface area contributed by atoms with Crippen molar-refractivity contribution in [3.63, 3.8) is 0 Å². The fraction of sp³-hybridized carbons (Fsp3) is 0.207. The first-order chi connectivity index (χ1) is 17.7. The fourth-order valence-electron chi connectivity index (χ4n) is 5.02. The molecule has 2 aromatic carbocycles. The van der Waals surface area contributed by atoms with Gasteiger partial charge in [-0.15, -0.1) is 0 Å². The zero-order valence-electron chi connectivity index (χ0n) is 21.2. The minimum Gasteiger partial charge on any atom is -0.496 e. The second-order valence-corrected chi connectivity index (χ2v) is 10.5. The van der Waals surface area contributed by atoms with Crippen molar-refractivity contribution in [2.24, 2.45) is 4.99 Å². The minimum absolute atomic E-state index is 0.127. The number of hydrogen-bond acceptors (Lipinski definition) is 5. The number of halogens is 1. The lowest BCUT2D eigenvalue weighted by Crippen LogP contribution is -2.39. The summed E-state index contributed by atoms with van der Waals surface area (Å²) in [5, 5.41) is 0.678. The lowest BCUT2D eigenvalue weighted by atomic mass is 9.93. The van der Waals surface area contributed by atoms with Gasteiger partial charge in [-0.25, -0.2) is 4.99 Å². The smallest absolute Gasteiger partial charge is 0.271 e. The van der Waals surface area contributed by atoms with Crippen LogP contribution in [0, 0.1) is 13.8 Å². The van der Waals surface area contributed by atoms with Crippen LogP contribution in [-0.2, 0) is 4.79 Å². The Labute approximate surface area is 223 Å². The van der Waals surface area contributed by atoms with Gasteiger partial charge in [-0.2, -0.15) is 0 Å². The van der Waals surface area contributed by atoms with Crippen molar-refractivity contribution in [1.82, 2.24) is 9.13 Å². The molecule has 0 fully saturated rings. The number of Topliss-reactive ketones (excluding diaryl/α,β-unsaturated/α-hetero) is 1. The van der Waals surface area contributed by atoms with E-state index in [4.69, 9.17) is 16.3 Å². The van der Waals surface area contributed by atoms with Gasteiger partial charge >= 0.3 is 0 Å². The van der Waals surface area contributed by atoms with Crippen molar-refractivity contribution in [3.05, 3.63) is 113 Å². The van der Waals surface area contributed by atoms with Crippen molar-refractivity contribution in [1.29, 1.82) is 0 Å². The van der Waals surface area contributed by atoms with Crippen LogP contribution in [0.1, 0.15) is 42.4 Å². The number of ether oxygens (including phenoxy) is 1. The number of thiazole rings is 1. The van der Waals surface area contributed by atoms with Crippen molar-refractivity contribution < 1.29 is 9.53 Å². The molecule has 1 aliphatic heterocycles. The summed E-state index contributed by atoms with van der Waals surface area (Å²) in [4.78, 5) is 31.9. The first-order valence-electron chi connectivity index (χ1n) is 11.8. The third-order valence-corrected chi connectivity index (χ3v) is 7.91. The van der Waals surface area contributed by atoms with Crippen LogP contribution in [0.4, 0.5) is 0 Å². The summed E-state index contributed by atoms with van der Waals surface area (Å²) in [6, 6.07) is 16.6. The first-order valence-corrected chi connectivity index (χ1v) is 13.0. The first kappa shape index (κ1) is 25.0. The Hall–Kier alpha value is -3.68. The van der Waals surface area contributed by atoms with Gasteiger partial charge in [-0.05, 0) is 75.7 Å². The standard InChI is InChI=1S/C29H26ClN3O3S/c1-16-14-20(18(3)32(16)22-12-10-21(30)11-13-22)15-25-28(35)33-27(23-8-6-7-9-24(23)36-5)26(19(4)34)17(2)31-29(33)37-25/h6-15,27H,1-5H3/b25-15-. The summed E-state index contributed by atoms with van der Waals surface area (Å²) in [5.41, 5.74) is 5.64. The molecule has 1 atom stereocenters. The van der Waals surface area contributed by atoms with Gasteiger partial charge < -0.3 is 9.30 Å². The zero-order chi connectivity index (χ0) is 26.4. The Morgan fingerprint density at radius 1 is 1.11 bits per heavy atom. The van der Waals surface area contributed by atoms with Crippen molar-refractivity contribution in [2.45, 2.75) is 33.7 Å². The van der Waals surface area contributed by atoms with Gasteiger partial charge in [0.05, 0.1) is 17.7 Å². The third kappa shape index (κ3) is 4.28. The van der Waals surface area contributed by atoms with Crippen molar-refractivity contribution in [2.75, 3.05) is 7.11 Å². The number of aryl methyl sites for hydroxylation is 1. The van der Waals surface area contributed by atoms with Gasteiger partial charge in [0, 0.05) is 38.9 Å². The predicted octanol–water partition coefficient (Wildman–Crippen LogP) is 4.89. The SMILES string of the molecule is COc1ccccc1C1C(C(C)=O)=C(C)N=c2s/c(=C\c3cc(C)n(-c4ccc(Cl)cc4)c3C)c(=O)n21. The number of carbonyl (C=O) groups is 1. The van der Waals surface area contributed by atoms with Crippen LogP contribution in [0.25, 0.3) is 11.8 Å². The maximum atomic E-state index is 13.9. The minimum atomic E-state index is -0.617. The third-order valence-electron chi connectivity index (χ3n) is 6.68. The summed E-state index contributed by atoms with van der Waals surface area (Å²) in [7, 11) is 1.59. The normalized spacial score (nSPS) is 15.5. The Morgan fingerprint density at radius 3 is 2.49 bits per heavy atom. The lowest BCUT2D eigenvalue weighted by molar-refractivity contribution is -0.114. The summed E-state index contributed by atoms with van der Waals surface area (Å²) in [6.45, 7) is 7.39. The molecule has 8 heteroatoms. The van der Waals surface area contributed by atoms with Gasteiger partial charge in [0.1, 0.15) is 5.75 Å². The van der Waals surface area contributed by atoms with E-state index in [0.29, 0.717) is 31.4 Å². The molecule has 2 aromatic heterocycles. The number of benzene rings is 2. The van der Waals surface area contributed by atoms with E-state index < -0.39 is 6.04 Å². The van der Waals surface area contributed by atoms with E-state index in [9.17, 15) is 9.59 Å². The highest BCUT2D eigenvalue weighted by Gasteiger charge is 2.32. The molecule has 0 aliphatic carbocycles. The molecule has 0 bridgehead atoms. The molecule has 5 rings (SSSR count). The van der Waals surface area contributed by atoms with Gasteiger partial charge in [-0.3, -0.25) is 14.2 Å². The quantitative estimate of drug-likeness (QED) is 0.368. The monoisotopic (exact) mass is 531 g/mol. The lowest BCUT2D eigenvalue weighted by Gasteiger charge is -2.25. The molecule has 3 heterocycles. The molecule has 1 unspecified atom stereocenters. The molecule has 0 N–H and O–H groups in total. The number of nitrogens with zero attached hydrogens (tertiary/aromatic N) is 3. The molecule has 0 amide bonds. The highest BCUT2D eigenvalue weighted by Crippen LogP contribution is 2.35. The van der Waals surface area contributed by atoms with Crippen LogP contribution in [0.5, 0.6) is 5.75 Å². The molecule has 0 saturated heterocycles. The van der Waals surface area contributed by atoms with Crippen LogP contribution >= 0.6 is 22.9 Å². The van der Waals surface area contributed by atoms with E-state index in [-0.39, 0.29) is 11.3 Å². The highest BCUT2D eigenvalue weighted by atomic mass is 35.5. The van der Waals surface area contributed by atoms with E-state index in [2.05, 4.69) is 15.6 Å². The Kier molecular flexibility index (Phi) is 6.52. The van der Waals surface area contributed by atoms with E-state index in [1.807, 2.05) is 75.4 Å². The largest absolute Gasteiger partial charge is 0.496 e. The van der Waals surface area contributed by atoms with Crippen molar-refractivity contribution in [3.8, 4) is 11.4 Å². The summed E-state index contributed by atoms with van der Waals surface area (Å²) >= 11 is 7.40. The Morgan fingerprint density at radius 2 is 1.81 bits per heavy atom. The number of ketones is 1. The topological polar surface area (TPSA) is 65.6 Å². The molecule has 6 nitrogen and oxygen atoms in total. The molecule has 0 radical (unpaired) electrons. The average molecular weight is 532 g/mol. The fourth-order valence-corrected chi connectivity index (χ4v) is 6.18. The summed E-state index contributed by atoms with van der Waals surface area (Å²) < 4.78 is 9.91. The number of rotatable bonds is 5.